The van der Waals surface area contributed by atoms with E-state index in [0.717, 1.165) is 27.9 Å². The van der Waals surface area contributed by atoms with Gasteiger partial charge in [0.2, 0.25) is 5.91 Å². The Labute approximate surface area is 168 Å². The molecular weight excluding hydrogens is 374 g/mol. The van der Waals surface area contributed by atoms with Crippen LogP contribution in [0.3, 0.4) is 0 Å². The van der Waals surface area contributed by atoms with Crippen molar-refractivity contribution in [3.05, 3.63) is 66.5 Å². The Morgan fingerprint density at radius 3 is 2.61 bits per heavy atom. The molecule has 1 N–H and O–H groups in total. The van der Waals surface area contributed by atoms with Crippen LogP contribution in [0.25, 0.3) is 5.69 Å². The number of ether oxygens (including phenoxy) is 2. The molecule has 6 nitrogen and oxygen atoms in total. The maximum absolute atomic E-state index is 12.5. The number of thioether (sulfide) groups is 1. The highest BCUT2D eigenvalue weighted by atomic mass is 32.2. The SMILES string of the molecule is COc1ccc(-n2ccnc2SC(C)C(=O)NCc2ccccc2OC)cc1. The Morgan fingerprint density at radius 1 is 1.14 bits per heavy atom. The van der Waals surface area contributed by atoms with E-state index in [2.05, 4.69) is 10.3 Å². The van der Waals surface area contributed by atoms with Gasteiger partial charge in [-0.3, -0.25) is 9.36 Å². The van der Waals surface area contributed by atoms with Gasteiger partial charge in [0, 0.05) is 30.2 Å². The number of carbonyl (C=O) groups is 1. The van der Waals surface area contributed by atoms with Crippen molar-refractivity contribution >= 4 is 17.7 Å². The minimum Gasteiger partial charge on any atom is -0.497 e. The molecule has 0 saturated carbocycles. The molecule has 1 unspecified atom stereocenters. The first kappa shape index (κ1) is 19.8. The van der Waals surface area contributed by atoms with E-state index in [1.54, 1.807) is 20.4 Å². The van der Waals surface area contributed by atoms with Gasteiger partial charge in [0.05, 0.1) is 19.5 Å². The van der Waals surface area contributed by atoms with Gasteiger partial charge in [0.1, 0.15) is 11.5 Å². The number of aromatic nitrogens is 2. The van der Waals surface area contributed by atoms with Crippen molar-refractivity contribution in [1.82, 2.24) is 14.9 Å². The molecular formula is C21H23N3O3S. The number of amides is 1. The van der Waals surface area contributed by atoms with Crippen LogP contribution in [0.1, 0.15) is 12.5 Å². The number of carbonyl (C=O) groups excluding carboxylic acids is 1. The molecule has 0 bridgehead atoms. The molecule has 1 amide bonds. The monoisotopic (exact) mass is 397 g/mol. The van der Waals surface area contributed by atoms with Crippen LogP contribution in [0, 0.1) is 0 Å². The fourth-order valence-electron chi connectivity index (χ4n) is 2.70. The molecule has 1 atom stereocenters. The second-order valence-corrected chi connectivity index (χ2v) is 7.38. The maximum Gasteiger partial charge on any atom is 0.233 e. The Balaban J connectivity index is 1.63. The molecule has 0 spiro atoms. The zero-order valence-corrected chi connectivity index (χ0v) is 16.9. The minimum atomic E-state index is -0.297. The number of benzene rings is 2. The number of rotatable bonds is 8. The second kappa shape index (κ2) is 9.32. The largest absolute Gasteiger partial charge is 0.497 e. The van der Waals surface area contributed by atoms with Gasteiger partial charge in [0.25, 0.3) is 0 Å². The summed E-state index contributed by atoms with van der Waals surface area (Å²) in [7, 11) is 3.26. The Kier molecular flexibility index (Phi) is 6.60. The number of imidazole rings is 1. The van der Waals surface area contributed by atoms with Gasteiger partial charge in [-0.05, 0) is 37.3 Å². The molecule has 0 fully saturated rings. The molecule has 1 aromatic heterocycles. The highest BCUT2D eigenvalue weighted by Gasteiger charge is 2.18. The van der Waals surface area contributed by atoms with Crippen molar-refractivity contribution in [1.29, 1.82) is 0 Å². The lowest BCUT2D eigenvalue weighted by molar-refractivity contribution is -0.120. The van der Waals surface area contributed by atoms with E-state index in [1.165, 1.54) is 11.8 Å². The number of para-hydroxylation sites is 1. The number of nitrogens with one attached hydrogen (secondary N) is 1. The summed E-state index contributed by atoms with van der Waals surface area (Å²) in [4.78, 5) is 16.9. The zero-order valence-electron chi connectivity index (χ0n) is 16.1. The molecule has 0 saturated heterocycles. The predicted octanol–water partition coefficient (Wildman–Crippen LogP) is 3.69. The van der Waals surface area contributed by atoms with Gasteiger partial charge >= 0.3 is 0 Å². The van der Waals surface area contributed by atoms with E-state index >= 15 is 0 Å². The highest BCUT2D eigenvalue weighted by molar-refractivity contribution is 8.00. The number of nitrogens with zero attached hydrogens (tertiary/aromatic N) is 2. The van der Waals surface area contributed by atoms with Crippen LogP contribution in [0.15, 0.2) is 66.1 Å². The lowest BCUT2D eigenvalue weighted by atomic mass is 10.2. The summed E-state index contributed by atoms with van der Waals surface area (Å²) in [5.74, 6) is 1.50. The van der Waals surface area contributed by atoms with Gasteiger partial charge in [-0.1, -0.05) is 30.0 Å². The van der Waals surface area contributed by atoms with Crippen LogP contribution >= 0.6 is 11.8 Å². The topological polar surface area (TPSA) is 65.4 Å². The number of hydrogen-bond donors (Lipinski definition) is 1. The lowest BCUT2D eigenvalue weighted by Crippen LogP contribution is -2.30. The van der Waals surface area contributed by atoms with E-state index in [1.807, 2.05) is 66.2 Å². The first-order chi connectivity index (χ1) is 13.6. The molecule has 1 heterocycles. The summed E-state index contributed by atoms with van der Waals surface area (Å²) in [6.45, 7) is 2.29. The fourth-order valence-corrected chi connectivity index (χ4v) is 3.61. The second-order valence-electron chi connectivity index (χ2n) is 6.07. The average Bonchev–Trinajstić information content (AvgIpc) is 3.20. The summed E-state index contributed by atoms with van der Waals surface area (Å²) in [6, 6.07) is 15.3. The molecule has 3 rings (SSSR count). The molecule has 0 aliphatic heterocycles. The van der Waals surface area contributed by atoms with Crippen LogP contribution in [0.5, 0.6) is 11.5 Å². The van der Waals surface area contributed by atoms with Crippen molar-refractivity contribution in [3.63, 3.8) is 0 Å². The highest BCUT2D eigenvalue weighted by Crippen LogP contribution is 2.26. The van der Waals surface area contributed by atoms with Crippen LogP contribution in [0.2, 0.25) is 0 Å². The van der Waals surface area contributed by atoms with Crippen molar-refractivity contribution in [2.75, 3.05) is 14.2 Å². The van der Waals surface area contributed by atoms with Crippen molar-refractivity contribution in [3.8, 4) is 17.2 Å². The van der Waals surface area contributed by atoms with Crippen molar-refractivity contribution in [2.24, 2.45) is 0 Å². The Bertz CT molecular complexity index is 925. The Morgan fingerprint density at radius 2 is 1.89 bits per heavy atom. The predicted molar refractivity (Wildman–Crippen MR) is 110 cm³/mol. The molecule has 0 aliphatic carbocycles. The molecule has 2 aromatic carbocycles. The van der Waals surface area contributed by atoms with Gasteiger partial charge in [0.15, 0.2) is 5.16 Å². The van der Waals surface area contributed by atoms with Crippen molar-refractivity contribution < 1.29 is 14.3 Å². The van der Waals surface area contributed by atoms with E-state index < -0.39 is 0 Å². The van der Waals surface area contributed by atoms with Crippen LogP contribution in [-0.4, -0.2) is 34.9 Å². The standard InChI is InChI=1S/C21H23N3O3S/c1-15(20(25)23-14-16-6-4-5-7-19(16)27-3)28-21-22-12-13-24(21)17-8-10-18(26-2)11-9-17/h4-13,15H,14H2,1-3H3,(H,23,25). The number of hydrogen-bond acceptors (Lipinski definition) is 5. The van der Waals surface area contributed by atoms with Gasteiger partial charge in [-0.25, -0.2) is 4.98 Å². The third kappa shape index (κ3) is 4.67. The third-order valence-corrected chi connectivity index (χ3v) is 5.33. The molecule has 146 valence electrons. The van der Waals surface area contributed by atoms with Crippen LogP contribution in [0.4, 0.5) is 0 Å². The van der Waals surface area contributed by atoms with Gasteiger partial charge in [-0.15, -0.1) is 0 Å². The molecule has 28 heavy (non-hydrogen) atoms. The molecule has 0 aliphatic rings. The van der Waals surface area contributed by atoms with Gasteiger partial charge in [-0.2, -0.15) is 0 Å². The lowest BCUT2D eigenvalue weighted by Gasteiger charge is -2.14. The number of methoxy groups -OCH3 is 2. The summed E-state index contributed by atoms with van der Waals surface area (Å²) < 4.78 is 12.5. The summed E-state index contributed by atoms with van der Waals surface area (Å²) >= 11 is 1.41. The quantitative estimate of drug-likeness (QED) is 0.588. The van der Waals surface area contributed by atoms with Crippen LogP contribution < -0.4 is 14.8 Å². The molecule has 0 radical (unpaired) electrons. The van der Waals surface area contributed by atoms with E-state index in [9.17, 15) is 4.79 Å². The summed E-state index contributed by atoms with van der Waals surface area (Å²) in [6.07, 6.45) is 3.61. The summed E-state index contributed by atoms with van der Waals surface area (Å²) in [5, 5.41) is 3.42. The van der Waals surface area contributed by atoms with Crippen LogP contribution in [-0.2, 0) is 11.3 Å². The molecule has 7 heteroatoms. The van der Waals surface area contributed by atoms with E-state index in [0.29, 0.717) is 6.54 Å². The average molecular weight is 398 g/mol. The normalized spacial score (nSPS) is 11.7. The summed E-state index contributed by atoms with van der Waals surface area (Å²) in [5.41, 5.74) is 1.90. The first-order valence-corrected chi connectivity index (χ1v) is 9.74. The third-order valence-electron chi connectivity index (χ3n) is 4.25. The molecule has 3 aromatic rings. The van der Waals surface area contributed by atoms with Gasteiger partial charge < -0.3 is 14.8 Å². The Hall–Kier alpha value is -2.93. The minimum absolute atomic E-state index is 0.0554. The fraction of sp³-hybridized carbons (Fsp3) is 0.238. The zero-order chi connectivity index (χ0) is 19.9. The van der Waals surface area contributed by atoms with E-state index in [4.69, 9.17) is 9.47 Å². The van der Waals surface area contributed by atoms with E-state index in [-0.39, 0.29) is 11.2 Å². The smallest absolute Gasteiger partial charge is 0.233 e. The maximum atomic E-state index is 12.5. The van der Waals surface area contributed by atoms with Crippen molar-refractivity contribution in [2.45, 2.75) is 23.9 Å². The first-order valence-electron chi connectivity index (χ1n) is 8.86.